The number of amides is 1. The van der Waals surface area contributed by atoms with Crippen molar-refractivity contribution in [2.24, 2.45) is 11.8 Å². The third kappa shape index (κ3) is 4.64. The standard InChI is InChI=1S/C16H22BrNO/c17-11-14-8-4-5-9-15(14)12-18-16(19)10-13-6-2-1-3-7-13/h1-3,6-7,14-15H,4-5,8-12H2,(H,18,19). The average molecular weight is 324 g/mol. The van der Waals surface area contributed by atoms with E-state index in [-0.39, 0.29) is 5.91 Å². The van der Waals surface area contributed by atoms with Crippen molar-refractivity contribution < 1.29 is 4.79 Å². The van der Waals surface area contributed by atoms with Gasteiger partial charge in [0.1, 0.15) is 0 Å². The number of benzene rings is 1. The minimum Gasteiger partial charge on any atom is -0.356 e. The van der Waals surface area contributed by atoms with Gasteiger partial charge in [0.15, 0.2) is 0 Å². The number of carbonyl (C=O) groups is 1. The van der Waals surface area contributed by atoms with Crippen molar-refractivity contribution in [2.45, 2.75) is 32.1 Å². The van der Waals surface area contributed by atoms with Gasteiger partial charge in [-0.25, -0.2) is 0 Å². The monoisotopic (exact) mass is 323 g/mol. The summed E-state index contributed by atoms with van der Waals surface area (Å²) in [5.41, 5.74) is 1.08. The Morgan fingerprint density at radius 1 is 1.16 bits per heavy atom. The molecule has 1 aliphatic rings. The molecule has 0 spiro atoms. The van der Waals surface area contributed by atoms with E-state index in [2.05, 4.69) is 21.2 Å². The third-order valence-corrected chi connectivity index (χ3v) is 4.87. The second-order valence-corrected chi connectivity index (χ2v) is 6.07. The van der Waals surface area contributed by atoms with Crippen molar-refractivity contribution in [3.05, 3.63) is 35.9 Å². The third-order valence-electron chi connectivity index (χ3n) is 4.03. The van der Waals surface area contributed by atoms with Gasteiger partial charge in [0, 0.05) is 11.9 Å². The number of alkyl halides is 1. The summed E-state index contributed by atoms with van der Waals surface area (Å²) in [5.74, 6) is 1.52. The Morgan fingerprint density at radius 3 is 2.53 bits per heavy atom. The molecular formula is C16H22BrNO. The fourth-order valence-electron chi connectivity index (χ4n) is 2.85. The maximum Gasteiger partial charge on any atom is 0.224 e. The summed E-state index contributed by atoms with van der Waals surface area (Å²) >= 11 is 3.60. The summed E-state index contributed by atoms with van der Waals surface area (Å²) in [5, 5.41) is 4.17. The van der Waals surface area contributed by atoms with Gasteiger partial charge in [0.25, 0.3) is 0 Å². The van der Waals surface area contributed by atoms with Crippen LogP contribution >= 0.6 is 15.9 Å². The van der Waals surface area contributed by atoms with Gasteiger partial charge >= 0.3 is 0 Å². The van der Waals surface area contributed by atoms with Crippen LogP contribution in [0.25, 0.3) is 0 Å². The highest BCUT2D eigenvalue weighted by Crippen LogP contribution is 2.30. The van der Waals surface area contributed by atoms with E-state index in [0.29, 0.717) is 12.3 Å². The van der Waals surface area contributed by atoms with Gasteiger partial charge in [0.05, 0.1) is 6.42 Å². The largest absolute Gasteiger partial charge is 0.356 e. The van der Waals surface area contributed by atoms with Crippen LogP contribution in [0.5, 0.6) is 0 Å². The molecule has 0 aliphatic heterocycles. The van der Waals surface area contributed by atoms with Crippen molar-refractivity contribution >= 4 is 21.8 Å². The lowest BCUT2D eigenvalue weighted by Gasteiger charge is -2.30. The van der Waals surface area contributed by atoms with Crippen molar-refractivity contribution in [1.29, 1.82) is 0 Å². The zero-order chi connectivity index (χ0) is 13.5. The summed E-state index contributed by atoms with van der Waals surface area (Å²) in [6, 6.07) is 9.93. The first-order valence-electron chi connectivity index (χ1n) is 7.16. The number of halogens is 1. The Bertz CT molecular complexity index is 393. The van der Waals surface area contributed by atoms with Gasteiger partial charge in [-0.15, -0.1) is 0 Å². The number of carbonyl (C=O) groups excluding carboxylic acids is 1. The first kappa shape index (κ1) is 14.6. The zero-order valence-corrected chi connectivity index (χ0v) is 12.9. The van der Waals surface area contributed by atoms with Crippen LogP contribution in [-0.2, 0) is 11.2 Å². The fourth-order valence-corrected chi connectivity index (χ4v) is 3.70. The number of rotatable bonds is 5. The van der Waals surface area contributed by atoms with E-state index in [1.54, 1.807) is 0 Å². The predicted octanol–water partition coefficient (Wildman–Crippen LogP) is 3.55. The van der Waals surface area contributed by atoms with Gasteiger partial charge in [-0.1, -0.05) is 59.1 Å². The summed E-state index contributed by atoms with van der Waals surface area (Å²) in [6.07, 6.45) is 5.69. The molecule has 0 radical (unpaired) electrons. The molecule has 104 valence electrons. The summed E-state index contributed by atoms with van der Waals surface area (Å²) < 4.78 is 0. The first-order chi connectivity index (χ1) is 9.29. The molecule has 0 bridgehead atoms. The molecule has 2 nitrogen and oxygen atoms in total. The van der Waals surface area contributed by atoms with Crippen LogP contribution in [0.2, 0.25) is 0 Å². The lowest BCUT2D eigenvalue weighted by atomic mass is 9.80. The maximum atomic E-state index is 11.9. The number of hydrogen-bond donors (Lipinski definition) is 1. The molecule has 2 unspecified atom stereocenters. The molecule has 0 heterocycles. The molecule has 2 atom stereocenters. The molecule has 1 aromatic carbocycles. The van der Waals surface area contributed by atoms with E-state index in [1.807, 2.05) is 30.3 Å². The normalized spacial score (nSPS) is 23.0. The van der Waals surface area contributed by atoms with Crippen molar-refractivity contribution in [3.63, 3.8) is 0 Å². The van der Waals surface area contributed by atoms with Crippen LogP contribution in [0.1, 0.15) is 31.2 Å². The van der Waals surface area contributed by atoms with Crippen LogP contribution in [-0.4, -0.2) is 17.8 Å². The average Bonchev–Trinajstić information content (AvgIpc) is 2.46. The summed E-state index contributed by atoms with van der Waals surface area (Å²) in [4.78, 5) is 11.9. The highest BCUT2D eigenvalue weighted by Gasteiger charge is 2.24. The first-order valence-corrected chi connectivity index (χ1v) is 8.28. The lowest BCUT2D eigenvalue weighted by molar-refractivity contribution is -0.120. The Balaban J connectivity index is 1.76. The Morgan fingerprint density at radius 2 is 1.84 bits per heavy atom. The van der Waals surface area contributed by atoms with E-state index >= 15 is 0 Å². The summed E-state index contributed by atoms with van der Waals surface area (Å²) in [7, 11) is 0. The second kappa shape index (κ2) is 7.68. The van der Waals surface area contributed by atoms with Gasteiger partial charge in [-0.2, -0.15) is 0 Å². The minimum atomic E-state index is 0.144. The van der Waals surface area contributed by atoms with Crippen LogP contribution in [0.4, 0.5) is 0 Å². The van der Waals surface area contributed by atoms with Crippen LogP contribution < -0.4 is 5.32 Å². The molecule has 1 amide bonds. The molecule has 0 saturated heterocycles. The van der Waals surface area contributed by atoms with Crippen LogP contribution in [0.15, 0.2) is 30.3 Å². The van der Waals surface area contributed by atoms with E-state index in [1.165, 1.54) is 25.7 Å². The molecule has 0 aromatic heterocycles. The second-order valence-electron chi connectivity index (χ2n) is 5.43. The van der Waals surface area contributed by atoms with Gasteiger partial charge in [-0.05, 0) is 30.2 Å². The molecule has 1 fully saturated rings. The molecule has 19 heavy (non-hydrogen) atoms. The quantitative estimate of drug-likeness (QED) is 0.825. The minimum absolute atomic E-state index is 0.144. The smallest absolute Gasteiger partial charge is 0.224 e. The molecule has 1 saturated carbocycles. The lowest BCUT2D eigenvalue weighted by Crippen LogP contribution is -2.35. The zero-order valence-electron chi connectivity index (χ0n) is 11.3. The van der Waals surface area contributed by atoms with E-state index < -0.39 is 0 Å². The van der Waals surface area contributed by atoms with E-state index in [4.69, 9.17) is 0 Å². The van der Waals surface area contributed by atoms with Crippen LogP contribution in [0.3, 0.4) is 0 Å². The maximum absolute atomic E-state index is 11.9. The molecule has 1 aromatic rings. The highest BCUT2D eigenvalue weighted by molar-refractivity contribution is 9.09. The van der Waals surface area contributed by atoms with Gasteiger partial charge < -0.3 is 5.32 Å². The van der Waals surface area contributed by atoms with Crippen LogP contribution in [0, 0.1) is 11.8 Å². The molecule has 2 rings (SSSR count). The Hall–Kier alpha value is -0.830. The highest BCUT2D eigenvalue weighted by atomic mass is 79.9. The number of hydrogen-bond acceptors (Lipinski definition) is 1. The van der Waals surface area contributed by atoms with Crippen molar-refractivity contribution in [2.75, 3.05) is 11.9 Å². The Labute approximate surface area is 124 Å². The fraction of sp³-hybridized carbons (Fsp3) is 0.562. The van der Waals surface area contributed by atoms with E-state index in [9.17, 15) is 4.79 Å². The SMILES string of the molecule is O=C(Cc1ccccc1)NCC1CCCCC1CBr. The molecular weight excluding hydrogens is 302 g/mol. The Kier molecular flexibility index (Phi) is 5.90. The predicted molar refractivity (Wildman–Crippen MR) is 82.4 cm³/mol. The molecule has 1 aliphatic carbocycles. The molecule has 3 heteroatoms. The topological polar surface area (TPSA) is 29.1 Å². The summed E-state index contributed by atoms with van der Waals surface area (Å²) in [6.45, 7) is 0.835. The number of nitrogens with one attached hydrogen (secondary N) is 1. The van der Waals surface area contributed by atoms with Gasteiger partial charge in [0.2, 0.25) is 5.91 Å². The van der Waals surface area contributed by atoms with E-state index in [0.717, 1.165) is 23.4 Å². The van der Waals surface area contributed by atoms with Crippen molar-refractivity contribution in [3.8, 4) is 0 Å². The molecule has 1 N–H and O–H groups in total. The van der Waals surface area contributed by atoms with Crippen molar-refractivity contribution in [1.82, 2.24) is 5.32 Å². The van der Waals surface area contributed by atoms with Gasteiger partial charge in [-0.3, -0.25) is 4.79 Å².